The molecule has 2 aromatic rings. The Labute approximate surface area is 124 Å². The summed E-state index contributed by atoms with van der Waals surface area (Å²) in [6.45, 7) is 0. The largest absolute Gasteiger partial charge is 0.328 e. The summed E-state index contributed by atoms with van der Waals surface area (Å²) in [5.74, 6) is -0.486. The molecular formula is C14H9FN2OS2. The van der Waals surface area contributed by atoms with E-state index in [-0.39, 0.29) is 11.7 Å². The molecule has 1 saturated heterocycles. The van der Waals surface area contributed by atoms with E-state index in [1.54, 1.807) is 18.2 Å². The van der Waals surface area contributed by atoms with Crippen molar-refractivity contribution in [3.8, 4) is 10.4 Å². The van der Waals surface area contributed by atoms with Crippen LogP contribution < -0.4 is 10.6 Å². The number of thiophene rings is 1. The number of carbonyl (C=O) groups excluding carboxylic acids is 1. The van der Waals surface area contributed by atoms with E-state index in [1.807, 2.05) is 12.1 Å². The van der Waals surface area contributed by atoms with Gasteiger partial charge in [0.15, 0.2) is 5.11 Å². The predicted molar refractivity (Wildman–Crippen MR) is 81.6 cm³/mol. The standard InChI is InChI=1S/C14H9FN2OS2/c15-9-3-1-8(2-4-9)12-6-5-10(20-12)7-11-13(18)17-14(19)16-11/h1-7H,(H2,16,17,18,19)/b11-7+. The maximum Gasteiger partial charge on any atom is 0.273 e. The third-order valence-electron chi connectivity index (χ3n) is 2.76. The van der Waals surface area contributed by atoms with Gasteiger partial charge in [0.1, 0.15) is 11.5 Å². The van der Waals surface area contributed by atoms with Crippen LogP contribution in [0.15, 0.2) is 42.1 Å². The van der Waals surface area contributed by atoms with Crippen LogP contribution in [0.25, 0.3) is 16.5 Å². The maximum atomic E-state index is 12.9. The second-order valence-electron chi connectivity index (χ2n) is 4.18. The third-order valence-corrected chi connectivity index (χ3v) is 4.05. The van der Waals surface area contributed by atoms with Gasteiger partial charge < -0.3 is 5.32 Å². The predicted octanol–water partition coefficient (Wildman–Crippen LogP) is 2.90. The fourth-order valence-electron chi connectivity index (χ4n) is 1.82. The van der Waals surface area contributed by atoms with Crippen LogP contribution in [0, 0.1) is 5.82 Å². The smallest absolute Gasteiger partial charge is 0.273 e. The van der Waals surface area contributed by atoms with Crippen molar-refractivity contribution in [3.63, 3.8) is 0 Å². The van der Waals surface area contributed by atoms with E-state index >= 15 is 0 Å². The summed E-state index contributed by atoms with van der Waals surface area (Å²) in [4.78, 5) is 13.5. The highest BCUT2D eigenvalue weighted by atomic mass is 32.1. The molecule has 1 aliphatic rings. The second-order valence-corrected chi connectivity index (χ2v) is 5.70. The van der Waals surface area contributed by atoms with Gasteiger partial charge in [0, 0.05) is 9.75 Å². The molecule has 0 aliphatic carbocycles. The molecule has 1 aromatic carbocycles. The average Bonchev–Trinajstić information content (AvgIpc) is 2.98. The van der Waals surface area contributed by atoms with Gasteiger partial charge in [-0.1, -0.05) is 12.1 Å². The van der Waals surface area contributed by atoms with E-state index in [0.29, 0.717) is 10.8 Å². The minimum atomic E-state index is -0.256. The van der Waals surface area contributed by atoms with Crippen molar-refractivity contribution in [2.45, 2.75) is 0 Å². The Morgan fingerprint density at radius 2 is 1.85 bits per heavy atom. The van der Waals surface area contributed by atoms with Crippen LogP contribution in [0.5, 0.6) is 0 Å². The minimum absolute atomic E-state index is 0.230. The Balaban J connectivity index is 1.87. The molecular weight excluding hydrogens is 295 g/mol. The molecule has 6 heteroatoms. The zero-order valence-electron chi connectivity index (χ0n) is 10.1. The van der Waals surface area contributed by atoms with Crippen molar-refractivity contribution >= 4 is 40.7 Å². The fourth-order valence-corrected chi connectivity index (χ4v) is 2.98. The first kappa shape index (κ1) is 13.0. The number of hydrogen-bond acceptors (Lipinski definition) is 3. The molecule has 0 bridgehead atoms. The maximum absolute atomic E-state index is 12.9. The van der Waals surface area contributed by atoms with Crippen LogP contribution in [-0.2, 0) is 4.79 Å². The summed E-state index contributed by atoms with van der Waals surface area (Å²) in [7, 11) is 0. The number of thiocarbonyl (C=S) groups is 1. The van der Waals surface area contributed by atoms with E-state index in [2.05, 4.69) is 10.6 Å². The van der Waals surface area contributed by atoms with Gasteiger partial charge >= 0.3 is 0 Å². The zero-order valence-corrected chi connectivity index (χ0v) is 11.8. The summed E-state index contributed by atoms with van der Waals surface area (Å²) >= 11 is 6.39. The second kappa shape index (κ2) is 5.15. The lowest BCUT2D eigenvalue weighted by Gasteiger charge is -1.96. The average molecular weight is 304 g/mol. The highest BCUT2D eigenvalue weighted by Gasteiger charge is 2.20. The van der Waals surface area contributed by atoms with Crippen molar-refractivity contribution in [1.82, 2.24) is 10.6 Å². The molecule has 2 heterocycles. The van der Waals surface area contributed by atoms with Crippen molar-refractivity contribution in [3.05, 3.63) is 52.8 Å². The Kier molecular flexibility index (Phi) is 3.33. The highest BCUT2D eigenvalue weighted by molar-refractivity contribution is 7.80. The fraction of sp³-hybridized carbons (Fsp3) is 0. The van der Waals surface area contributed by atoms with Crippen LogP contribution in [0.1, 0.15) is 4.88 Å². The SMILES string of the molecule is O=C1NC(=S)N/C1=C/c1ccc(-c2ccc(F)cc2)s1. The first-order valence-corrected chi connectivity index (χ1v) is 7.04. The van der Waals surface area contributed by atoms with Gasteiger partial charge in [0.2, 0.25) is 0 Å². The Bertz CT molecular complexity index is 719. The number of amides is 1. The molecule has 3 nitrogen and oxygen atoms in total. The molecule has 0 saturated carbocycles. The number of halogens is 1. The van der Waals surface area contributed by atoms with E-state index in [4.69, 9.17) is 12.2 Å². The lowest BCUT2D eigenvalue weighted by molar-refractivity contribution is -0.115. The monoisotopic (exact) mass is 304 g/mol. The van der Waals surface area contributed by atoms with Crippen LogP contribution in [0.3, 0.4) is 0 Å². The van der Waals surface area contributed by atoms with E-state index < -0.39 is 0 Å². The molecule has 1 aromatic heterocycles. The van der Waals surface area contributed by atoms with Crippen LogP contribution in [-0.4, -0.2) is 11.0 Å². The number of hydrogen-bond donors (Lipinski definition) is 2. The summed E-state index contributed by atoms with van der Waals surface area (Å²) in [6, 6.07) is 10.2. The number of rotatable bonds is 2. The van der Waals surface area contributed by atoms with Crippen molar-refractivity contribution in [2.24, 2.45) is 0 Å². The Morgan fingerprint density at radius 3 is 2.50 bits per heavy atom. The van der Waals surface area contributed by atoms with E-state index in [1.165, 1.54) is 23.5 Å². The first-order valence-electron chi connectivity index (χ1n) is 5.81. The first-order chi connectivity index (χ1) is 9.61. The number of nitrogens with one attached hydrogen (secondary N) is 2. The summed E-state index contributed by atoms with van der Waals surface area (Å²) in [6.07, 6.45) is 1.74. The summed E-state index contributed by atoms with van der Waals surface area (Å²) < 4.78 is 12.9. The molecule has 20 heavy (non-hydrogen) atoms. The molecule has 0 unspecified atom stereocenters. The molecule has 1 aliphatic heterocycles. The van der Waals surface area contributed by atoms with Crippen LogP contribution >= 0.6 is 23.6 Å². The van der Waals surface area contributed by atoms with Crippen molar-refractivity contribution < 1.29 is 9.18 Å². The molecule has 1 fully saturated rings. The van der Waals surface area contributed by atoms with Crippen LogP contribution in [0.2, 0.25) is 0 Å². The topological polar surface area (TPSA) is 41.1 Å². The Hall–Kier alpha value is -2.05. The normalized spacial score (nSPS) is 16.4. The zero-order chi connectivity index (χ0) is 14.1. The van der Waals surface area contributed by atoms with Gasteiger partial charge in [-0.25, -0.2) is 4.39 Å². The quantitative estimate of drug-likeness (QED) is 0.662. The molecule has 0 radical (unpaired) electrons. The van der Waals surface area contributed by atoms with Gasteiger partial charge in [0.05, 0.1) is 0 Å². The molecule has 100 valence electrons. The Morgan fingerprint density at radius 1 is 1.10 bits per heavy atom. The lowest BCUT2D eigenvalue weighted by atomic mass is 10.2. The van der Waals surface area contributed by atoms with Gasteiger partial charge in [-0.3, -0.25) is 10.1 Å². The van der Waals surface area contributed by atoms with Gasteiger partial charge in [-0.15, -0.1) is 11.3 Å². The summed E-state index contributed by atoms with van der Waals surface area (Å²) in [5, 5.41) is 5.62. The van der Waals surface area contributed by atoms with Gasteiger partial charge in [-0.05, 0) is 48.1 Å². The minimum Gasteiger partial charge on any atom is -0.328 e. The molecule has 2 N–H and O–H groups in total. The van der Waals surface area contributed by atoms with E-state index in [9.17, 15) is 9.18 Å². The summed E-state index contributed by atoms with van der Waals surface area (Å²) in [5.41, 5.74) is 1.38. The number of carbonyl (C=O) groups is 1. The van der Waals surface area contributed by atoms with E-state index in [0.717, 1.165) is 15.3 Å². The van der Waals surface area contributed by atoms with Crippen molar-refractivity contribution in [1.29, 1.82) is 0 Å². The lowest BCUT2D eigenvalue weighted by Crippen LogP contribution is -2.21. The van der Waals surface area contributed by atoms with Gasteiger partial charge in [0.25, 0.3) is 5.91 Å². The number of benzene rings is 1. The van der Waals surface area contributed by atoms with Gasteiger partial charge in [-0.2, -0.15) is 0 Å². The van der Waals surface area contributed by atoms with Crippen LogP contribution in [0.4, 0.5) is 4.39 Å². The highest BCUT2D eigenvalue weighted by Crippen LogP contribution is 2.29. The van der Waals surface area contributed by atoms with Crippen molar-refractivity contribution in [2.75, 3.05) is 0 Å². The molecule has 1 amide bonds. The molecule has 0 spiro atoms. The molecule has 0 atom stereocenters. The molecule has 3 rings (SSSR count). The third kappa shape index (κ3) is 2.61.